The third kappa shape index (κ3) is 0.618. The molecule has 1 rings (SSSR count). The maximum atomic E-state index is 4.78. The van der Waals surface area contributed by atoms with Gasteiger partial charge in [-0.1, -0.05) is 0 Å². The molecule has 1 heterocycles. The van der Waals surface area contributed by atoms with Gasteiger partial charge in [0.15, 0.2) is 0 Å². The largest absolute Gasteiger partial charge is 0.370 e. The van der Waals surface area contributed by atoms with E-state index in [-0.39, 0.29) is 5.60 Å². The molecule has 0 saturated carbocycles. The van der Waals surface area contributed by atoms with Crippen molar-refractivity contribution < 1.29 is 4.74 Å². The zero-order valence-electron chi connectivity index (χ0n) is 3.32. The summed E-state index contributed by atoms with van der Waals surface area (Å²) in [5, 5.41) is 0. The van der Waals surface area contributed by atoms with Gasteiger partial charge in [-0.15, -0.1) is 0 Å². The van der Waals surface area contributed by atoms with E-state index in [1.165, 1.54) is 0 Å². The van der Waals surface area contributed by atoms with Crippen LogP contribution in [0.4, 0.5) is 0 Å². The highest BCUT2D eigenvalue weighted by Crippen LogP contribution is 2.22. The summed E-state index contributed by atoms with van der Waals surface area (Å²) in [6.45, 7) is 6.47. The molecule has 0 aromatic carbocycles. The molecular formula is C4H7O. The molecule has 1 fully saturated rings. The molecule has 1 nitrogen and oxygen atoms in total. The Morgan fingerprint density at radius 1 is 2.00 bits per heavy atom. The lowest BCUT2D eigenvalue weighted by atomic mass is 10.3. The van der Waals surface area contributed by atoms with E-state index < -0.39 is 0 Å². The minimum absolute atomic E-state index is 0. The van der Waals surface area contributed by atoms with Gasteiger partial charge in [-0.2, -0.15) is 0 Å². The fourth-order valence-corrected chi connectivity index (χ4v) is 0.123. The van der Waals surface area contributed by atoms with Crippen molar-refractivity contribution in [3.05, 3.63) is 6.92 Å². The average molecular weight is 71.1 g/mol. The third-order valence-corrected chi connectivity index (χ3v) is 0.637. The van der Waals surface area contributed by atoms with Gasteiger partial charge in [-0.05, 0) is 13.8 Å². The molecule has 0 aliphatic carbocycles. The van der Waals surface area contributed by atoms with E-state index in [0.29, 0.717) is 0 Å². The summed E-state index contributed by atoms with van der Waals surface area (Å²) in [7, 11) is 0. The van der Waals surface area contributed by atoms with Crippen molar-refractivity contribution in [2.75, 3.05) is 6.61 Å². The predicted octanol–water partition coefficient (Wildman–Crippen LogP) is 0.609. The van der Waals surface area contributed by atoms with Gasteiger partial charge in [-0.25, -0.2) is 0 Å². The van der Waals surface area contributed by atoms with Gasteiger partial charge in [0.2, 0.25) is 0 Å². The molecule has 1 aliphatic rings. The molecule has 0 unspecified atom stereocenters. The van der Waals surface area contributed by atoms with Crippen molar-refractivity contribution in [3.63, 3.8) is 0 Å². The van der Waals surface area contributed by atoms with Crippen LogP contribution in [0.1, 0.15) is 6.92 Å². The van der Waals surface area contributed by atoms with Crippen LogP contribution in [0.2, 0.25) is 0 Å². The number of hydrogen-bond acceptors (Lipinski definition) is 1. The van der Waals surface area contributed by atoms with Crippen molar-refractivity contribution in [1.29, 1.82) is 0 Å². The Balaban J connectivity index is 2.38. The van der Waals surface area contributed by atoms with Gasteiger partial charge >= 0.3 is 0 Å². The predicted molar refractivity (Wildman–Crippen MR) is 19.7 cm³/mol. The Labute approximate surface area is 31.9 Å². The van der Waals surface area contributed by atoms with Crippen LogP contribution in [0.15, 0.2) is 0 Å². The lowest BCUT2D eigenvalue weighted by molar-refractivity contribution is 0.368. The number of hydrogen-bond donors (Lipinski definition) is 0. The highest BCUT2D eigenvalue weighted by molar-refractivity contribution is 4.88. The summed E-state index contributed by atoms with van der Waals surface area (Å²) < 4.78 is 4.78. The lowest BCUT2D eigenvalue weighted by Gasteiger charge is -1.81. The maximum absolute atomic E-state index is 4.78. The molecule has 5 heavy (non-hydrogen) atoms. The zero-order chi connectivity index (χ0) is 3.91. The van der Waals surface area contributed by atoms with Gasteiger partial charge in [0.25, 0.3) is 0 Å². The first-order valence-corrected chi connectivity index (χ1v) is 1.70. The summed E-state index contributed by atoms with van der Waals surface area (Å²) in [5.41, 5.74) is 0. The molecule has 0 aromatic heterocycles. The lowest BCUT2D eigenvalue weighted by Crippen LogP contribution is -1.91. The number of rotatable bonds is 0. The summed E-state index contributed by atoms with van der Waals surface area (Å²) in [6.07, 6.45) is 0. The van der Waals surface area contributed by atoms with Gasteiger partial charge in [0.1, 0.15) is 0 Å². The topological polar surface area (TPSA) is 12.5 Å². The molecular weight excluding hydrogens is 64.0 g/mol. The normalized spacial score (nSPS) is 30.0. The van der Waals surface area contributed by atoms with Crippen LogP contribution in [-0.4, -0.2) is 12.2 Å². The second kappa shape index (κ2) is 0.548. The molecule has 1 heteroatoms. The molecule has 0 spiro atoms. The van der Waals surface area contributed by atoms with Crippen LogP contribution in [0.3, 0.4) is 0 Å². The van der Waals surface area contributed by atoms with Crippen LogP contribution in [-0.2, 0) is 4.74 Å². The Hall–Kier alpha value is -0.0400. The first kappa shape index (κ1) is 3.16. The van der Waals surface area contributed by atoms with E-state index in [9.17, 15) is 0 Å². The van der Waals surface area contributed by atoms with Gasteiger partial charge in [0, 0.05) is 0 Å². The van der Waals surface area contributed by atoms with Crippen molar-refractivity contribution >= 4 is 0 Å². The molecule has 1 aliphatic heterocycles. The van der Waals surface area contributed by atoms with Crippen LogP contribution in [0.5, 0.6) is 0 Å². The first-order valence-electron chi connectivity index (χ1n) is 1.70. The first-order chi connectivity index (χ1) is 2.21. The Kier molecular flexibility index (Phi) is 0.346. The molecule has 0 aromatic rings. The Morgan fingerprint density at radius 2 is 2.20 bits per heavy atom. The summed E-state index contributed by atoms with van der Waals surface area (Å²) in [4.78, 5) is 0. The smallest absolute Gasteiger partial charge is 0.0889 e. The highest BCUT2D eigenvalue weighted by Gasteiger charge is 2.32. The molecule has 1 saturated heterocycles. The Morgan fingerprint density at radius 3 is 2.20 bits per heavy atom. The molecule has 1 atom stereocenters. The quantitative estimate of drug-likeness (QED) is 0.381. The molecule has 1 radical (unpaired) electrons. The summed E-state index contributed by atoms with van der Waals surface area (Å²) >= 11 is 0. The average Bonchev–Trinajstić information content (AvgIpc) is 1.76. The molecule has 29 valence electrons. The summed E-state index contributed by atoms with van der Waals surface area (Å²) in [5.74, 6) is 0. The van der Waals surface area contributed by atoms with Crippen LogP contribution in [0.25, 0.3) is 0 Å². The third-order valence-electron chi connectivity index (χ3n) is 0.637. The highest BCUT2D eigenvalue weighted by atomic mass is 16.6. The standard InChI is InChI=1S/C4H7O/c1-4(2)3-5-4/h1,3H2,2H3/t4-/m0/s1. The molecule has 0 bridgehead atoms. The van der Waals surface area contributed by atoms with Gasteiger partial charge in [0.05, 0.1) is 12.2 Å². The second-order valence-electron chi connectivity index (χ2n) is 1.74. The van der Waals surface area contributed by atoms with E-state index in [4.69, 9.17) is 4.74 Å². The van der Waals surface area contributed by atoms with Crippen molar-refractivity contribution in [2.45, 2.75) is 12.5 Å². The van der Waals surface area contributed by atoms with E-state index >= 15 is 0 Å². The van der Waals surface area contributed by atoms with E-state index in [1.807, 2.05) is 6.92 Å². The molecule has 0 N–H and O–H groups in total. The number of ether oxygens (including phenoxy) is 1. The van der Waals surface area contributed by atoms with E-state index in [1.54, 1.807) is 0 Å². The second-order valence-corrected chi connectivity index (χ2v) is 1.74. The minimum Gasteiger partial charge on any atom is -0.370 e. The van der Waals surface area contributed by atoms with E-state index in [2.05, 4.69) is 6.92 Å². The van der Waals surface area contributed by atoms with Gasteiger partial charge in [-0.3, -0.25) is 0 Å². The minimum atomic E-state index is 0. The van der Waals surface area contributed by atoms with E-state index in [0.717, 1.165) is 6.61 Å². The zero-order valence-corrected chi connectivity index (χ0v) is 3.32. The maximum Gasteiger partial charge on any atom is 0.0889 e. The van der Waals surface area contributed by atoms with Crippen molar-refractivity contribution in [2.24, 2.45) is 0 Å². The summed E-state index contributed by atoms with van der Waals surface area (Å²) in [6, 6.07) is 0. The van der Waals surface area contributed by atoms with Crippen molar-refractivity contribution in [3.8, 4) is 0 Å². The van der Waals surface area contributed by atoms with Crippen LogP contribution < -0.4 is 0 Å². The SMILES string of the molecule is [CH2][C@]1(C)CO1. The van der Waals surface area contributed by atoms with Crippen LogP contribution in [0, 0.1) is 6.92 Å². The fourth-order valence-electron chi connectivity index (χ4n) is 0.123. The number of epoxide rings is 1. The Bertz CT molecular complexity index is 41.6. The monoisotopic (exact) mass is 71.0 g/mol. The van der Waals surface area contributed by atoms with Gasteiger partial charge < -0.3 is 4.74 Å². The van der Waals surface area contributed by atoms with Crippen LogP contribution >= 0.6 is 0 Å². The molecule has 0 amide bonds. The van der Waals surface area contributed by atoms with Crippen molar-refractivity contribution in [1.82, 2.24) is 0 Å². The fraction of sp³-hybridized carbons (Fsp3) is 0.750.